The van der Waals surface area contributed by atoms with E-state index in [4.69, 9.17) is 0 Å². The molecule has 1 amide bonds. The van der Waals surface area contributed by atoms with Gasteiger partial charge in [-0.05, 0) is 23.1 Å². The van der Waals surface area contributed by atoms with E-state index < -0.39 is 0 Å². The zero-order valence-corrected chi connectivity index (χ0v) is 9.22. The molecule has 0 radical (unpaired) electrons. The van der Waals surface area contributed by atoms with Gasteiger partial charge in [0, 0.05) is 12.6 Å². The molecule has 1 aromatic rings. The molecule has 0 heterocycles. The van der Waals surface area contributed by atoms with E-state index in [0.29, 0.717) is 0 Å². The van der Waals surface area contributed by atoms with Crippen LogP contribution in [0.1, 0.15) is 36.7 Å². The molecule has 0 saturated carbocycles. The average molecular weight is 191 g/mol. The normalized spacial score (nSPS) is 11.1. The first-order chi connectivity index (χ1) is 6.45. The van der Waals surface area contributed by atoms with Gasteiger partial charge in [-0.25, -0.2) is 0 Å². The maximum absolute atomic E-state index is 11.4. The molecule has 0 saturated heterocycles. The van der Waals surface area contributed by atoms with Crippen molar-refractivity contribution in [1.29, 1.82) is 0 Å². The number of rotatable bonds is 1. The molecular weight excluding hydrogens is 174 g/mol. The molecule has 1 aromatic carbocycles. The van der Waals surface area contributed by atoms with E-state index in [-0.39, 0.29) is 11.3 Å². The Hall–Kier alpha value is -1.31. The van der Waals surface area contributed by atoms with Gasteiger partial charge in [-0.3, -0.25) is 4.79 Å². The zero-order valence-electron chi connectivity index (χ0n) is 9.22. The summed E-state index contributed by atoms with van der Waals surface area (Å²) in [5.74, 6) is -0.0314. The van der Waals surface area contributed by atoms with Gasteiger partial charge in [0.05, 0.1) is 0 Å². The summed E-state index contributed by atoms with van der Waals surface area (Å²) in [6, 6.07) is 7.74. The molecule has 0 spiro atoms. The van der Waals surface area contributed by atoms with Crippen molar-refractivity contribution in [3.63, 3.8) is 0 Å². The van der Waals surface area contributed by atoms with Crippen LogP contribution in [0.2, 0.25) is 0 Å². The molecule has 0 bridgehead atoms. The summed E-state index contributed by atoms with van der Waals surface area (Å²) in [6.07, 6.45) is 0. The molecule has 0 unspecified atom stereocenters. The minimum absolute atomic E-state index is 0.0314. The molecule has 0 aliphatic carbocycles. The first kappa shape index (κ1) is 10.8. The quantitative estimate of drug-likeness (QED) is 0.725. The van der Waals surface area contributed by atoms with Crippen LogP contribution >= 0.6 is 0 Å². The van der Waals surface area contributed by atoms with Gasteiger partial charge in [-0.15, -0.1) is 0 Å². The summed E-state index contributed by atoms with van der Waals surface area (Å²) in [6.45, 7) is 6.40. The minimum atomic E-state index is -0.0314. The number of hydrogen-bond acceptors (Lipinski definition) is 1. The summed E-state index contributed by atoms with van der Waals surface area (Å²) in [5, 5.41) is 2.62. The van der Waals surface area contributed by atoms with E-state index >= 15 is 0 Å². The summed E-state index contributed by atoms with van der Waals surface area (Å²) in [7, 11) is 1.64. The maximum atomic E-state index is 11.4. The Balaban J connectivity index is 3.08. The molecule has 76 valence electrons. The van der Waals surface area contributed by atoms with Crippen molar-refractivity contribution in [2.24, 2.45) is 0 Å². The van der Waals surface area contributed by atoms with E-state index in [0.717, 1.165) is 5.56 Å². The van der Waals surface area contributed by atoms with Crippen molar-refractivity contribution in [3.8, 4) is 0 Å². The van der Waals surface area contributed by atoms with Crippen molar-refractivity contribution in [2.75, 3.05) is 7.05 Å². The Bertz CT molecular complexity index is 336. The van der Waals surface area contributed by atoms with Crippen molar-refractivity contribution in [3.05, 3.63) is 35.4 Å². The van der Waals surface area contributed by atoms with Crippen LogP contribution in [0.15, 0.2) is 24.3 Å². The predicted molar refractivity (Wildman–Crippen MR) is 58.5 cm³/mol. The lowest BCUT2D eigenvalue weighted by Gasteiger charge is -2.19. The van der Waals surface area contributed by atoms with Crippen molar-refractivity contribution in [2.45, 2.75) is 26.2 Å². The SMILES string of the molecule is CNC(=O)c1cccc(C(C)(C)C)c1. The molecule has 2 nitrogen and oxygen atoms in total. The van der Waals surface area contributed by atoms with Gasteiger partial charge in [0.15, 0.2) is 0 Å². The summed E-state index contributed by atoms with van der Waals surface area (Å²) < 4.78 is 0. The molecule has 14 heavy (non-hydrogen) atoms. The van der Waals surface area contributed by atoms with Crippen LogP contribution in [0.3, 0.4) is 0 Å². The standard InChI is InChI=1S/C12H17NO/c1-12(2,3)10-7-5-6-9(8-10)11(14)13-4/h5-8H,1-4H3,(H,13,14). The fourth-order valence-corrected chi connectivity index (χ4v) is 1.27. The van der Waals surface area contributed by atoms with Gasteiger partial charge >= 0.3 is 0 Å². The third-order valence-electron chi connectivity index (χ3n) is 2.22. The zero-order chi connectivity index (χ0) is 10.8. The first-order valence-corrected chi connectivity index (χ1v) is 4.78. The number of benzene rings is 1. The van der Waals surface area contributed by atoms with Gasteiger partial charge in [-0.1, -0.05) is 32.9 Å². The molecule has 2 heteroatoms. The van der Waals surface area contributed by atoms with E-state index in [1.807, 2.05) is 24.3 Å². The second-order valence-corrected chi connectivity index (χ2v) is 4.41. The fraction of sp³-hybridized carbons (Fsp3) is 0.417. The highest BCUT2D eigenvalue weighted by molar-refractivity contribution is 5.94. The fourth-order valence-electron chi connectivity index (χ4n) is 1.27. The second kappa shape index (κ2) is 3.82. The molecule has 0 atom stereocenters. The first-order valence-electron chi connectivity index (χ1n) is 4.78. The third-order valence-corrected chi connectivity index (χ3v) is 2.22. The Morgan fingerprint density at radius 3 is 2.43 bits per heavy atom. The van der Waals surface area contributed by atoms with Crippen LogP contribution in [0.4, 0.5) is 0 Å². The maximum Gasteiger partial charge on any atom is 0.251 e. The Morgan fingerprint density at radius 2 is 1.93 bits per heavy atom. The molecule has 1 rings (SSSR count). The van der Waals surface area contributed by atoms with E-state index in [1.54, 1.807) is 7.05 Å². The smallest absolute Gasteiger partial charge is 0.251 e. The second-order valence-electron chi connectivity index (χ2n) is 4.41. The van der Waals surface area contributed by atoms with Crippen LogP contribution in [0.25, 0.3) is 0 Å². The number of carbonyl (C=O) groups excluding carboxylic acids is 1. The van der Waals surface area contributed by atoms with Crippen LogP contribution in [0, 0.1) is 0 Å². The Labute approximate surface area is 85.3 Å². The van der Waals surface area contributed by atoms with E-state index in [1.165, 1.54) is 5.56 Å². The van der Waals surface area contributed by atoms with Gasteiger partial charge in [0.2, 0.25) is 0 Å². The Kier molecular flexibility index (Phi) is 2.94. The molecule has 0 aromatic heterocycles. The largest absolute Gasteiger partial charge is 0.355 e. The van der Waals surface area contributed by atoms with Crippen LogP contribution in [-0.2, 0) is 5.41 Å². The number of hydrogen-bond donors (Lipinski definition) is 1. The number of carbonyl (C=O) groups is 1. The van der Waals surface area contributed by atoms with Crippen molar-refractivity contribution < 1.29 is 4.79 Å². The van der Waals surface area contributed by atoms with Gasteiger partial charge in [-0.2, -0.15) is 0 Å². The van der Waals surface area contributed by atoms with Gasteiger partial charge in [0.25, 0.3) is 5.91 Å². The third kappa shape index (κ3) is 2.34. The summed E-state index contributed by atoms with van der Waals surface area (Å²) in [4.78, 5) is 11.4. The van der Waals surface area contributed by atoms with E-state index in [2.05, 4.69) is 26.1 Å². The molecule has 0 fully saturated rings. The molecule has 0 aliphatic heterocycles. The van der Waals surface area contributed by atoms with Crippen LogP contribution in [-0.4, -0.2) is 13.0 Å². The topological polar surface area (TPSA) is 29.1 Å². The molecular formula is C12H17NO. The summed E-state index contributed by atoms with van der Waals surface area (Å²) in [5.41, 5.74) is 1.99. The van der Waals surface area contributed by atoms with Gasteiger partial charge < -0.3 is 5.32 Å². The highest BCUT2D eigenvalue weighted by Crippen LogP contribution is 2.22. The predicted octanol–water partition coefficient (Wildman–Crippen LogP) is 2.34. The Morgan fingerprint density at radius 1 is 1.29 bits per heavy atom. The highest BCUT2D eigenvalue weighted by atomic mass is 16.1. The lowest BCUT2D eigenvalue weighted by Crippen LogP contribution is -2.19. The highest BCUT2D eigenvalue weighted by Gasteiger charge is 2.14. The minimum Gasteiger partial charge on any atom is -0.355 e. The van der Waals surface area contributed by atoms with Crippen molar-refractivity contribution in [1.82, 2.24) is 5.32 Å². The monoisotopic (exact) mass is 191 g/mol. The average Bonchev–Trinajstić information content (AvgIpc) is 2.15. The number of nitrogens with one attached hydrogen (secondary N) is 1. The summed E-state index contributed by atoms with van der Waals surface area (Å²) >= 11 is 0. The van der Waals surface area contributed by atoms with Gasteiger partial charge in [0.1, 0.15) is 0 Å². The van der Waals surface area contributed by atoms with Crippen LogP contribution in [0.5, 0.6) is 0 Å². The molecule has 0 aliphatic rings. The molecule has 1 N–H and O–H groups in total. The van der Waals surface area contributed by atoms with Crippen LogP contribution < -0.4 is 5.32 Å². The lowest BCUT2D eigenvalue weighted by molar-refractivity contribution is 0.0963. The lowest BCUT2D eigenvalue weighted by atomic mass is 9.86. The van der Waals surface area contributed by atoms with E-state index in [9.17, 15) is 4.79 Å². The van der Waals surface area contributed by atoms with Crippen molar-refractivity contribution >= 4 is 5.91 Å². The number of amides is 1.